The minimum Gasteiger partial charge on any atom is -0.383 e. The molecule has 0 aromatic heterocycles. The molecule has 0 radical (unpaired) electrons. The summed E-state index contributed by atoms with van der Waals surface area (Å²) in [5, 5.41) is 5.42. The molecule has 1 aromatic carbocycles. The molecular formula is C13H17IN2O3. The van der Waals surface area contributed by atoms with Crippen LogP contribution in [0.4, 0.5) is 0 Å². The normalized spacial score (nSPS) is 10.0. The third-order valence-corrected chi connectivity index (χ3v) is 3.33. The van der Waals surface area contributed by atoms with Gasteiger partial charge in [0.1, 0.15) is 0 Å². The van der Waals surface area contributed by atoms with Crippen molar-refractivity contribution >= 4 is 34.4 Å². The number of rotatable bonds is 7. The topological polar surface area (TPSA) is 67.4 Å². The molecule has 0 heterocycles. The SMILES string of the molecule is COCCNC(=O)CCNC(=O)c1ccccc1I. The van der Waals surface area contributed by atoms with E-state index in [4.69, 9.17) is 4.74 Å². The fourth-order valence-electron chi connectivity index (χ4n) is 1.41. The van der Waals surface area contributed by atoms with E-state index in [2.05, 4.69) is 33.2 Å². The highest BCUT2D eigenvalue weighted by Gasteiger charge is 2.09. The van der Waals surface area contributed by atoms with Crippen LogP contribution in [0.15, 0.2) is 24.3 Å². The average molecular weight is 376 g/mol. The first-order valence-corrected chi connectivity index (χ1v) is 7.01. The first-order valence-electron chi connectivity index (χ1n) is 5.93. The molecule has 0 aliphatic rings. The van der Waals surface area contributed by atoms with Gasteiger partial charge in [0.05, 0.1) is 12.2 Å². The van der Waals surface area contributed by atoms with Crippen molar-refractivity contribution in [2.75, 3.05) is 26.8 Å². The number of ether oxygens (including phenoxy) is 1. The maximum atomic E-state index is 11.8. The number of methoxy groups -OCH3 is 1. The second kappa shape index (κ2) is 8.87. The van der Waals surface area contributed by atoms with Crippen molar-refractivity contribution in [1.82, 2.24) is 10.6 Å². The molecule has 6 heteroatoms. The zero-order chi connectivity index (χ0) is 14.1. The summed E-state index contributed by atoms with van der Waals surface area (Å²) in [5.74, 6) is -0.255. The zero-order valence-corrected chi connectivity index (χ0v) is 12.9. The van der Waals surface area contributed by atoms with Crippen LogP contribution in [0.25, 0.3) is 0 Å². The van der Waals surface area contributed by atoms with Crippen molar-refractivity contribution in [2.24, 2.45) is 0 Å². The monoisotopic (exact) mass is 376 g/mol. The van der Waals surface area contributed by atoms with Crippen LogP contribution in [0.3, 0.4) is 0 Å². The van der Waals surface area contributed by atoms with Crippen LogP contribution < -0.4 is 10.6 Å². The summed E-state index contributed by atoms with van der Waals surface area (Å²) in [6.07, 6.45) is 0.263. The second-order valence-electron chi connectivity index (χ2n) is 3.83. The Labute approximate surface area is 126 Å². The Morgan fingerprint density at radius 3 is 2.63 bits per heavy atom. The van der Waals surface area contributed by atoms with Crippen LogP contribution in [0.1, 0.15) is 16.8 Å². The molecule has 0 fully saturated rings. The number of nitrogens with one attached hydrogen (secondary N) is 2. The number of carbonyl (C=O) groups is 2. The molecular weight excluding hydrogens is 359 g/mol. The molecule has 1 aromatic rings. The van der Waals surface area contributed by atoms with E-state index in [1.807, 2.05) is 18.2 Å². The molecule has 1 rings (SSSR count). The van der Waals surface area contributed by atoms with Crippen LogP contribution in [-0.4, -0.2) is 38.6 Å². The summed E-state index contributed by atoms with van der Waals surface area (Å²) in [6.45, 7) is 1.29. The first kappa shape index (κ1) is 15.9. The predicted molar refractivity (Wildman–Crippen MR) is 81.0 cm³/mol. The summed E-state index contributed by atoms with van der Waals surface area (Å²) < 4.78 is 5.71. The largest absolute Gasteiger partial charge is 0.383 e. The summed E-state index contributed by atoms with van der Waals surface area (Å²) in [7, 11) is 1.58. The van der Waals surface area contributed by atoms with Crippen molar-refractivity contribution in [1.29, 1.82) is 0 Å². The third kappa shape index (κ3) is 6.02. The standard InChI is InChI=1S/C13H17IN2O3/c1-19-9-8-15-12(17)6-7-16-13(18)10-4-2-3-5-11(10)14/h2-5H,6-9H2,1H3,(H,15,17)(H,16,18). The van der Waals surface area contributed by atoms with Crippen molar-refractivity contribution in [3.63, 3.8) is 0 Å². The van der Waals surface area contributed by atoms with Gasteiger partial charge in [0.25, 0.3) is 5.91 Å². The molecule has 0 saturated carbocycles. The molecule has 5 nitrogen and oxygen atoms in total. The first-order chi connectivity index (χ1) is 9.15. The van der Waals surface area contributed by atoms with E-state index >= 15 is 0 Å². The quantitative estimate of drug-likeness (QED) is 0.555. The van der Waals surface area contributed by atoms with Crippen molar-refractivity contribution in [3.05, 3.63) is 33.4 Å². The Morgan fingerprint density at radius 2 is 1.95 bits per heavy atom. The van der Waals surface area contributed by atoms with Crippen molar-refractivity contribution < 1.29 is 14.3 Å². The van der Waals surface area contributed by atoms with Gasteiger partial charge in [-0.2, -0.15) is 0 Å². The zero-order valence-electron chi connectivity index (χ0n) is 10.7. The molecule has 0 atom stereocenters. The van der Waals surface area contributed by atoms with E-state index < -0.39 is 0 Å². The lowest BCUT2D eigenvalue weighted by Crippen LogP contribution is -2.32. The molecule has 0 aliphatic carbocycles. The lowest BCUT2D eigenvalue weighted by atomic mass is 10.2. The molecule has 0 saturated heterocycles. The van der Waals surface area contributed by atoms with E-state index in [1.165, 1.54) is 0 Å². The van der Waals surface area contributed by atoms with Crippen LogP contribution >= 0.6 is 22.6 Å². The average Bonchev–Trinajstić information content (AvgIpc) is 2.39. The highest BCUT2D eigenvalue weighted by molar-refractivity contribution is 14.1. The number of hydrogen-bond acceptors (Lipinski definition) is 3. The highest BCUT2D eigenvalue weighted by Crippen LogP contribution is 2.10. The maximum absolute atomic E-state index is 11.8. The van der Waals surface area contributed by atoms with Crippen molar-refractivity contribution in [2.45, 2.75) is 6.42 Å². The van der Waals surface area contributed by atoms with Gasteiger partial charge < -0.3 is 15.4 Å². The van der Waals surface area contributed by atoms with Gasteiger partial charge >= 0.3 is 0 Å². The molecule has 0 bridgehead atoms. The van der Waals surface area contributed by atoms with Gasteiger partial charge in [-0.3, -0.25) is 9.59 Å². The van der Waals surface area contributed by atoms with Gasteiger partial charge in [0.2, 0.25) is 5.91 Å². The van der Waals surface area contributed by atoms with Crippen LogP contribution in [0.2, 0.25) is 0 Å². The molecule has 2 N–H and O–H groups in total. The Bertz CT molecular complexity index is 438. The van der Waals surface area contributed by atoms with Crippen LogP contribution in [0.5, 0.6) is 0 Å². The van der Waals surface area contributed by atoms with Gasteiger partial charge in [-0.25, -0.2) is 0 Å². The van der Waals surface area contributed by atoms with Gasteiger partial charge in [-0.05, 0) is 34.7 Å². The van der Waals surface area contributed by atoms with Gasteiger partial charge in [-0.15, -0.1) is 0 Å². The van der Waals surface area contributed by atoms with E-state index in [-0.39, 0.29) is 18.2 Å². The molecule has 0 aliphatic heterocycles. The lowest BCUT2D eigenvalue weighted by molar-refractivity contribution is -0.121. The van der Waals surface area contributed by atoms with Crippen LogP contribution in [-0.2, 0) is 9.53 Å². The molecule has 0 spiro atoms. The van der Waals surface area contributed by atoms with Gasteiger partial charge in [-0.1, -0.05) is 12.1 Å². The Kier molecular flexibility index (Phi) is 7.42. The Hall–Kier alpha value is -1.15. The number of benzene rings is 1. The lowest BCUT2D eigenvalue weighted by Gasteiger charge is -2.07. The summed E-state index contributed by atoms with van der Waals surface area (Å²) in [6, 6.07) is 7.32. The molecule has 2 amide bonds. The fraction of sp³-hybridized carbons (Fsp3) is 0.385. The highest BCUT2D eigenvalue weighted by atomic mass is 127. The summed E-state index contributed by atoms with van der Waals surface area (Å²) in [5.41, 5.74) is 0.628. The fourth-order valence-corrected chi connectivity index (χ4v) is 2.04. The second-order valence-corrected chi connectivity index (χ2v) is 4.99. The van der Waals surface area contributed by atoms with E-state index in [1.54, 1.807) is 13.2 Å². The van der Waals surface area contributed by atoms with E-state index in [0.717, 1.165) is 3.57 Å². The minimum atomic E-state index is -0.158. The number of hydrogen-bond donors (Lipinski definition) is 2. The minimum absolute atomic E-state index is 0.0971. The molecule has 0 unspecified atom stereocenters. The molecule has 104 valence electrons. The summed E-state index contributed by atoms with van der Waals surface area (Å²) in [4.78, 5) is 23.2. The number of halogens is 1. The van der Waals surface area contributed by atoms with E-state index in [9.17, 15) is 9.59 Å². The Balaban J connectivity index is 2.28. The van der Waals surface area contributed by atoms with Crippen molar-refractivity contribution in [3.8, 4) is 0 Å². The van der Waals surface area contributed by atoms with E-state index in [0.29, 0.717) is 25.3 Å². The van der Waals surface area contributed by atoms with Gasteiger partial charge in [0, 0.05) is 30.2 Å². The predicted octanol–water partition coefficient (Wildman–Crippen LogP) is 1.17. The van der Waals surface area contributed by atoms with Gasteiger partial charge in [0.15, 0.2) is 0 Å². The summed E-state index contributed by atoms with van der Waals surface area (Å²) >= 11 is 2.11. The maximum Gasteiger partial charge on any atom is 0.252 e. The Morgan fingerprint density at radius 1 is 1.21 bits per heavy atom. The number of carbonyl (C=O) groups excluding carboxylic acids is 2. The number of amides is 2. The smallest absolute Gasteiger partial charge is 0.252 e. The van der Waals surface area contributed by atoms with Crippen LogP contribution in [0, 0.1) is 3.57 Å². The third-order valence-electron chi connectivity index (χ3n) is 2.38. The molecule has 19 heavy (non-hydrogen) atoms.